The Labute approximate surface area is 346 Å². The second-order valence-electron chi connectivity index (χ2n) is 15.9. The molecular formula is C47H43N3O10. The number of aryl methyl sites for hydroxylation is 1. The number of ether oxygens (including phenoxy) is 5. The first-order chi connectivity index (χ1) is 29.2. The van der Waals surface area contributed by atoms with Gasteiger partial charge in [0.1, 0.15) is 18.5 Å². The fraction of sp³-hybridized carbons (Fsp3) is 0.298. The van der Waals surface area contributed by atoms with Gasteiger partial charge in [0.2, 0.25) is 6.79 Å². The van der Waals surface area contributed by atoms with Gasteiger partial charge in [-0.2, -0.15) is 0 Å². The van der Waals surface area contributed by atoms with E-state index in [-0.39, 0.29) is 60.7 Å². The molecule has 13 heteroatoms. The number of phenolic OH excluding ortho intramolecular Hbond substituents is 1. The van der Waals surface area contributed by atoms with Crippen LogP contribution in [0.3, 0.4) is 0 Å². The molecular weight excluding hydrogens is 767 g/mol. The fourth-order valence-corrected chi connectivity index (χ4v) is 10.3. The first-order valence-electron chi connectivity index (χ1n) is 20.0. The minimum Gasteiger partial charge on any atom is -0.504 e. The Hall–Kier alpha value is -6.57. The molecule has 0 radical (unpaired) electrons. The Balaban J connectivity index is 1.19. The van der Waals surface area contributed by atoms with Gasteiger partial charge in [0.25, 0.3) is 11.8 Å². The number of nitrogens with one attached hydrogen (secondary N) is 1. The lowest BCUT2D eigenvalue weighted by molar-refractivity contribution is -0.00598. The van der Waals surface area contributed by atoms with E-state index < -0.39 is 42.2 Å². The van der Waals surface area contributed by atoms with Crippen LogP contribution < -0.4 is 24.3 Å². The number of carbonyl (C=O) groups excluding carboxylic acids is 3. The van der Waals surface area contributed by atoms with E-state index in [1.807, 2.05) is 56.3 Å². The van der Waals surface area contributed by atoms with Crippen LogP contribution in [0.2, 0.25) is 0 Å². The van der Waals surface area contributed by atoms with Crippen LogP contribution in [0.1, 0.15) is 83.3 Å². The first-order valence-corrected chi connectivity index (χ1v) is 20.0. The van der Waals surface area contributed by atoms with Crippen LogP contribution in [0.5, 0.6) is 28.7 Å². The molecule has 0 saturated heterocycles. The summed E-state index contributed by atoms with van der Waals surface area (Å²) < 4.78 is 30.5. The summed E-state index contributed by atoms with van der Waals surface area (Å²) >= 11 is 0. The maximum atomic E-state index is 15.5. The quantitative estimate of drug-likeness (QED) is 0.155. The Morgan fingerprint density at radius 3 is 2.03 bits per heavy atom. The molecule has 4 aliphatic heterocycles. The zero-order valence-electron chi connectivity index (χ0n) is 33.5. The zero-order chi connectivity index (χ0) is 41.6. The van der Waals surface area contributed by atoms with Crippen molar-refractivity contribution in [2.75, 3.05) is 34.2 Å². The molecule has 5 aliphatic rings. The molecule has 3 amide bonds. The van der Waals surface area contributed by atoms with Crippen molar-refractivity contribution >= 4 is 17.9 Å². The number of hydrogen-bond donors (Lipinski definition) is 3. The summed E-state index contributed by atoms with van der Waals surface area (Å²) in [6, 6.07) is 22.2. The molecule has 10 rings (SSSR count). The number of rotatable bonds is 7. The van der Waals surface area contributed by atoms with Gasteiger partial charge in [-0.15, -0.1) is 0 Å². The van der Waals surface area contributed by atoms with E-state index in [1.54, 1.807) is 24.3 Å². The molecule has 0 spiro atoms. The lowest BCUT2D eigenvalue weighted by atomic mass is 9.78. The average molecular weight is 810 g/mol. The average Bonchev–Trinajstić information content (AvgIpc) is 3.95. The summed E-state index contributed by atoms with van der Waals surface area (Å²) in [5.74, 6) is -0.285. The van der Waals surface area contributed by atoms with Gasteiger partial charge in [0.05, 0.1) is 44.0 Å². The molecule has 0 aromatic heterocycles. The third-order valence-electron chi connectivity index (χ3n) is 12.8. The monoisotopic (exact) mass is 809 g/mol. The summed E-state index contributed by atoms with van der Waals surface area (Å²) in [4.78, 5) is 47.5. The molecule has 0 fully saturated rings. The van der Waals surface area contributed by atoms with Crippen LogP contribution in [0.15, 0.2) is 78.9 Å². The first kappa shape index (κ1) is 37.7. The van der Waals surface area contributed by atoms with Crippen LogP contribution in [-0.4, -0.2) is 84.2 Å². The zero-order valence-corrected chi connectivity index (χ0v) is 33.5. The highest BCUT2D eigenvalue weighted by Gasteiger charge is 2.55. The molecule has 60 heavy (non-hydrogen) atoms. The summed E-state index contributed by atoms with van der Waals surface area (Å²) in [6.07, 6.45) is -1.79. The number of aliphatic hydroxyl groups is 1. The summed E-state index contributed by atoms with van der Waals surface area (Å²) in [7, 11) is 3.01. The van der Waals surface area contributed by atoms with Gasteiger partial charge >= 0.3 is 6.09 Å². The maximum absolute atomic E-state index is 15.5. The minimum atomic E-state index is -1.44. The second kappa shape index (κ2) is 14.3. The summed E-state index contributed by atoms with van der Waals surface area (Å²) in [6.45, 7) is 3.23. The summed E-state index contributed by atoms with van der Waals surface area (Å²) in [5, 5.41) is 26.3. The normalized spacial score (nSPS) is 20.9. The summed E-state index contributed by atoms with van der Waals surface area (Å²) in [5.41, 5.74) is 7.98. The molecule has 306 valence electrons. The van der Waals surface area contributed by atoms with Crippen molar-refractivity contribution in [3.8, 4) is 39.9 Å². The predicted molar refractivity (Wildman–Crippen MR) is 218 cm³/mol. The van der Waals surface area contributed by atoms with Gasteiger partial charge in [0, 0.05) is 34.2 Å². The van der Waals surface area contributed by atoms with Crippen LogP contribution in [0, 0.1) is 13.8 Å². The largest absolute Gasteiger partial charge is 0.504 e. The van der Waals surface area contributed by atoms with Gasteiger partial charge in [-0.05, 0) is 72.2 Å². The van der Waals surface area contributed by atoms with Crippen molar-refractivity contribution in [2.24, 2.45) is 0 Å². The van der Waals surface area contributed by atoms with E-state index in [0.717, 1.165) is 32.7 Å². The Morgan fingerprint density at radius 2 is 1.42 bits per heavy atom. The number of benzene rings is 5. The molecule has 1 unspecified atom stereocenters. The molecule has 4 heterocycles. The molecule has 4 atom stereocenters. The number of aromatic hydroxyl groups is 1. The van der Waals surface area contributed by atoms with E-state index in [1.165, 1.54) is 19.1 Å². The standard InChI is InChI=1S/C47H43N3O10/c1-23-17-25-18-26(20-51)48-38(36(25)39(52)40(23)56-3)35-19-33-37(43-42(59-22-60-43)24(2)41(33)57-4)44(50-45(53)31-15-9-10-16-32(31)46(50)54)49(35)47(55)58-21-34-29-13-7-5-11-27(29)28-12-6-8-14-30(28)34/h5-17,26,34-35,38,44,48,51-52H,18-22H2,1-4H3/t26?,35-,38-,44-/m1/s1. The third kappa shape index (κ3) is 5.41. The number of methoxy groups -OCH3 is 2. The molecule has 5 aromatic rings. The third-order valence-corrected chi connectivity index (χ3v) is 12.8. The highest BCUT2D eigenvalue weighted by atomic mass is 16.7. The second-order valence-corrected chi connectivity index (χ2v) is 15.9. The molecule has 3 N–H and O–H groups in total. The molecule has 1 aliphatic carbocycles. The Bertz CT molecular complexity index is 2560. The number of imide groups is 1. The molecule has 5 aromatic carbocycles. The van der Waals surface area contributed by atoms with Crippen molar-refractivity contribution in [1.82, 2.24) is 15.1 Å². The molecule has 13 nitrogen and oxygen atoms in total. The smallest absolute Gasteiger partial charge is 0.412 e. The number of amides is 3. The maximum Gasteiger partial charge on any atom is 0.412 e. The SMILES string of the molecule is COc1c(C)cc2c(c1O)[C@@H]([C@H]1Cc3c(OC)c(C)c4c(c3[C@@H](N3C(=O)c5ccccc5C3=O)N1C(=O)OCC1c3ccccc3-c3ccccc31)OCO4)NC(CO)C2. The van der Waals surface area contributed by atoms with Gasteiger partial charge in [-0.25, -0.2) is 9.69 Å². The highest BCUT2D eigenvalue weighted by molar-refractivity contribution is 6.21. The lowest BCUT2D eigenvalue weighted by Gasteiger charge is -2.50. The van der Waals surface area contributed by atoms with Crippen LogP contribution in [-0.2, 0) is 17.6 Å². The number of hydrogen-bond acceptors (Lipinski definition) is 11. The van der Waals surface area contributed by atoms with Crippen molar-refractivity contribution in [3.63, 3.8) is 0 Å². The fourth-order valence-electron chi connectivity index (χ4n) is 10.3. The number of nitrogens with zero attached hydrogens (tertiary/aromatic N) is 2. The van der Waals surface area contributed by atoms with E-state index in [9.17, 15) is 19.8 Å². The van der Waals surface area contributed by atoms with Gasteiger partial charge < -0.3 is 39.2 Å². The predicted octanol–water partition coefficient (Wildman–Crippen LogP) is 6.47. The number of fused-ring (bicyclic) bond motifs is 8. The number of carbonyl (C=O) groups is 3. The number of phenols is 1. The lowest BCUT2D eigenvalue weighted by Crippen LogP contribution is -2.60. The van der Waals surface area contributed by atoms with Crippen molar-refractivity contribution < 1.29 is 48.3 Å². The topological polar surface area (TPSA) is 156 Å². The van der Waals surface area contributed by atoms with Crippen molar-refractivity contribution in [3.05, 3.63) is 134 Å². The van der Waals surface area contributed by atoms with E-state index in [0.29, 0.717) is 45.7 Å². The molecule has 0 saturated carbocycles. The van der Waals surface area contributed by atoms with Gasteiger partial charge in [-0.1, -0.05) is 66.7 Å². The van der Waals surface area contributed by atoms with E-state index in [4.69, 9.17) is 23.7 Å². The molecule has 0 bridgehead atoms. The Kier molecular flexibility index (Phi) is 8.99. The van der Waals surface area contributed by atoms with Crippen molar-refractivity contribution in [2.45, 2.75) is 56.9 Å². The van der Waals surface area contributed by atoms with Crippen LogP contribution in [0.4, 0.5) is 4.79 Å². The van der Waals surface area contributed by atoms with E-state index >= 15 is 4.79 Å². The van der Waals surface area contributed by atoms with Crippen LogP contribution in [0.25, 0.3) is 11.1 Å². The van der Waals surface area contributed by atoms with Gasteiger partial charge in [-0.3, -0.25) is 14.5 Å². The highest BCUT2D eigenvalue weighted by Crippen LogP contribution is 2.56. The number of aliphatic hydroxyl groups excluding tert-OH is 1. The van der Waals surface area contributed by atoms with Crippen molar-refractivity contribution in [1.29, 1.82) is 0 Å². The minimum absolute atomic E-state index is 0.0566. The van der Waals surface area contributed by atoms with Gasteiger partial charge in [0.15, 0.2) is 23.0 Å². The Morgan fingerprint density at radius 1 is 0.817 bits per heavy atom. The van der Waals surface area contributed by atoms with Crippen LogP contribution >= 0.6 is 0 Å². The van der Waals surface area contributed by atoms with E-state index in [2.05, 4.69) is 17.4 Å².